The molecule has 0 radical (unpaired) electrons. The van der Waals surface area contributed by atoms with Crippen LogP contribution in [-0.4, -0.2) is 52.0 Å². The summed E-state index contributed by atoms with van der Waals surface area (Å²) < 4.78 is 47.5. The normalized spacial score (nSPS) is 14.0. The van der Waals surface area contributed by atoms with Crippen LogP contribution in [0.5, 0.6) is 5.75 Å². The average molecular weight is 498 g/mol. The number of nitrogens with one attached hydrogen (secondary N) is 1. The van der Waals surface area contributed by atoms with Crippen molar-refractivity contribution in [2.24, 2.45) is 0 Å². The lowest BCUT2D eigenvalue weighted by molar-refractivity contribution is -0.133. The van der Waals surface area contributed by atoms with Gasteiger partial charge in [0.15, 0.2) is 6.61 Å². The van der Waals surface area contributed by atoms with Crippen molar-refractivity contribution >= 4 is 27.3 Å². The number of nitrogens with zero attached hydrogens (tertiary/aromatic N) is 2. The Bertz CT molecular complexity index is 1300. The van der Waals surface area contributed by atoms with Gasteiger partial charge in [0.05, 0.1) is 10.6 Å². The lowest BCUT2D eigenvalue weighted by Crippen LogP contribution is -2.50. The number of anilines is 2. The Kier molecular flexibility index (Phi) is 7.25. The Balaban J connectivity index is 1.29. The van der Waals surface area contributed by atoms with E-state index in [1.165, 1.54) is 30.3 Å². The summed E-state index contributed by atoms with van der Waals surface area (Å²) >= 11 is 0. The Morgan fingerprint density at radius 3 is 2.29 bits per heavy atom. The third-order valence-corrected chi connectivity index (χ3v) is 7.48. The molecule has 1 aliphatic heterocycles. The Morgan fingerprint density at radius 1 is 0.943 bits per heavy atom. The Labute approximate surface area is 205 Å². The van der Waals surface area contributed by atoms with Crippen molar-refractivity contribution in [2.75, 3.05) is 42.4 Å². The summed E-state index contributed by atoms with van der Waals surface area (Å²) in [5.74, 6) is -0.0509. The van der Waals surface area contributed by atoms with Crippen LogP contribution in [0.15, 0.2) is 71.6 Å². The van der Waals surface area contributed by atoms with E-state index in [1.54, 1.807) is 35.2 Å². The van der Waals surface area contributed by atoms with Crippen molar-refractivity contribution in [3.63, 3.8) is 0 Å². The number of carbonyl (C=O) groups excluding carboxylic acids is 1. The summed E-state index contributed by atoms with van der Waals surface area (Å²) in [6.07, 6.45) is 0. The highest BCUT2D eigenvalue weighted by atomic mass is 32.2. The third kappa shape index (κ3) is 5.92. The van der Waals surface area contributed by atoms with E-state index < -0.39 is 10.0 Å². The summed E-state index contributed by atoms with van der Waals surface area (Å²) in [4.78, 5) is 16.3. The predicted octanol–water partition coefficient (Wildman–Crippen LogP) is 3.97. The lowest BCUT2D eigenvalue weighted by Gasteiger charge is -2.36. The third-order valence-electron chi connectivity index (χ3n) is 6.08. The average Bonchev–Trinajstić information content (AvgIpc) is 2.85. The smallest absolute Gasteiger partial charge is 0.261 e. The maximum atomic E-state index is 14.0. The molecule has 0 aliphatic carbocycles. The van der Waals surface area contributed by atoms with Crippen molar-refractivity contribution in [2.45, 2.75) is 18.7 Å². The van der Waals surface area contributed by atoms with E-state index in [-0.39, 0.29) is 23.2 Å². The fourth-order valence-corrected chi connectivity index (χ4v) is 4.92. The molecule has 0 unspecified atom stereocenters. The van der Waals surface area contributed by atoms with Crippen LogP contribution in [0, 0.1) is 19.7 Å². The summed E-state index contributed by atoms with van der Waals surface area (Å²) in [5.41, 5.74) is 3.11. The lowest BCUT2D eigenvalue weighted by atomic mass is 10.1. The molecule has 3 aromatic rings. The van der Waals surface area contributed by atoms with Crippen LogP contribution in [-0.2, 0) is 14.8 Å². The van der Waals surface area contributed by atoms with Gasteiger partial charge in [-0.25, -0.2) is 12.8 Å². The van der Waals surface area contributed by atoms with Gasteiger partial charge in [-0.2, -0.15) is 0 Å². The first-order valence-corrected chi connectivity index (χ1v) is 12.8. The number of ether oxygens (including phenoxy) is 1. The molecule has 35 heavy (non-hydrogen) atoms. The molecule has 0 saturated carbocycles. The number of carbonyl (C=O) groups is 1. The van der Waals surface area contributed by atoms with E-state index in [2.05, 4.69) is 4.72 Å². The summed E-state index contributed by atoms with van der Waals surface area (Å²) in [6, 6.07) is 17.9. The van der Waals surface area contributed by atoms with Crippen molar-refractivity contribution in [3.8, 4) is 5.75 Å². The molecule has 0 atom stereocenters. The number of rotatable bonds is 7. The van der Waals surface area contributed by atoms with Crippen molar-refractivity contribution < 1.29 is 22.3 Å². The monoisotopic (exact) mass is 497 g/mol. The second kappa shape index (κ2) is 10.4. The molecule has 9 heteroatoms. The van der Waals surface area contributed by atoms with Crippen molar-refractivity contribution in [1.82, 2.24) is 4.90 Å². The van der Waals surface area contributed by atoms with Gasteiger partial charge >= 0.3 is 0 Å². The van der Waals surface area contributed by atoms with Crippen molar-refractivity contribution in [1.29, 1.82) is 0 Å². The second-order valence-corrected chi connectivity index (χ2v) is 10.2. The molecular weight excluding hydrogens is 469 g/mol. The molecule has 1 N–H and O–H groups in total. The number of sulfonamides is 1. The van der Waals surface area contributed by atoms with Gasteiger partial charge in [-0.1, -0.05) is 18.2 Å². The minimum atomic E-state index is -3.75. The number of hydrogen-bond donors (Lipinski definition) is 1. The molecule has 0 bridgehead atoms. The molecule has 7 nitrogen and oxygen atoms in total. The van der Waals surface area contributed by atoms with E-state index in [4.69, 9.17) is 4.74 Å². The second-order valence-electron chi connectivity index (χ2n) is 8.48. The zero-order valence-corrected chi connectivity index (χ0v) is 20.5. The molecule has 0 spiro atoms. The van der Waals surface area contributed by atoms with Crippen LogP contribution in [0.2, 0.25) is 0 Å². The van der Waals surface area contributed by atoms with Gasteiger partial charge in [0.1, 0.15) is 11.6 Å². The van der Waals surface area contributed by atoms with E-state index in [9.17, 15) is 17.6 Å². The Morgan fingerprint density at radius 2 is 1.63 bits per heavy atom. The van der Waals surface area contributed by atoms with Gasteiger partial charge < -0.3 is 14.5 Å². The Hall–Kier alpha value is -3.59. The number of hydrogen-bond acceptors (Lipinski definition) is 5. The number of halogens is 1. The molecule has 1 amide bonds. The molecule has 4 rings (SSSR count). The number of benzene rings is 3. The van der Waals surface area contributed by atoms with Gasteiger partial charge in [-0.15, -0.1) is 0 Å². The topological polar surface area (TPSA) is 78.9 Å². The van der Waals surface area contributed by atoms with E-state index in [0.29, 0.717) is 43.3 Å². The van der Waals surface area contributed by atoms with Crippen LogP contribution in [0.4, 0.5) is 15.8 Å². The van der Waals surface area contributed by atoms with Crippen LogP contribution in [0.3, 0.4) is 0 Å². The van der Waals surface area contributed by atoms with E-state index in [0.717, 1.165) is 11.1 Å². The zero-order chi connectivity index (χ0) is 25.0. The molecule has 0 aromatic heterocycles. The zero-order valence-electron chi connectivity index (χ0n) is 19.7. The van der Waals surface area contributed by atoms with Gasteiger partial charge in [-0.05, 0) is 73.5 Å². The quantitative estimate of drug-likeness (QED) is 0.535. The van der Waals surface area contributed by atoms with Gasteiger partial charge in [-0.3, -0.25) is 9.52 Å². The van der Waals surface area contributed by atoms with Gasteiger partial charge in [0.25, 0.3) is 15.9 Å². The van der Waals surface area contributed by atoms with E-state index >= 15 is 0 Å². The minimum absolute atomic E-state index is 0.0960. The predicted molar refractivity (Wildman–Crippen MR) is 134 cm³/mol. The largest absolute Gasteiger partial charge is 0.484 e. The highest BCUT2D eigenvalue weighted by Gasteiger charge is 2.23. The molecule has 1 saturated heterocycles. The SMILES string of the molecule is Cc1ccc(NS(=O)(=O)c2ccc(OCC(=O)N3CCN(c4ccccc4F)CC3)cc2)cc1C. The highest BCUT2D eigenvalue weighted by Crippen LogP contribution is 2.22. The summed E-state index contributed by atoms with van der Waals surface area (Å²) in [6.45, 7) is 5.73. The first-order chi connectivity index (χ1) is 16.7. The summed E-state index contributed by atoms with van der Waals surface area (Å²) in [5, 5.41) is 0. The van der Waals surface area contributed by atoms with Crippen molar-refractivity contribution in [3.05, 3.63) is 83.7 Å². The highest BCUT2D eigenvalue weighted by molar-refractivity contribution is 7.92. The number of piperazine rings is 1. The van der Waals surface area contributed by atoms with Crippen LogP contribution in [0.1, 0.15) is 11.1 Å². The van der Waals surface area contributed by atoms with Gasteiger partial charge in [0, 0.05) is 31.9 Å². The number of para-hydroxylation sites is 1. The first-order valence-electron chi connectivity index (χ1n) is 11.3. The fourth-order valence-electron chi connectivity index (χ4n) is 3.88. The maximum absolute atomic E-state index is 14.0. The fraction of sp³-hybridized carbons (Fsp3) is 0.269. The van der Waals surface area contributed by atoms with Crippen LogP contribution >= 0.6 is 0 Å². The standard InChI is InChI=1S/C26H28FN3O4S/c1-19-7-8-21(17-20(19)2)28-35(32,33)23-11-9-22(10-12-23)34-18-26(31)30-15-13-29(14-16-30)25-6-4-3-5-24(25)27/h3-12,17,28H,13-16,18H2,1-2H3. The minimum Gasteiger partial charge on any atom is -0.484 e. The molecule has 1 heterocycles. The molecule has 1 fully saturated rings. The molecular formula is C26H28FN3O4S. The molecule has 1 aliphatic rings. The maximum Gasteiger partial charge on any atom is 0.261 e. The number of amides is 1. The van der Waals surface area contributed by atoms with Gasteiger partial charge in [0.2, 0.25) is 0 Å². The van der Waals surface area contributed by atoms with Crippen LogP contribution < -0.4 is 14.4 Å². The molecule has 184 valence electrons. The van der Waals surface area contributed by atoms with Crippen LogP contribution in [0.25, 0.3) is 0 Å². The summed E-state index contributed by atoms with van der Waals surface area (Å²) in [7, 11) is -3.75. The molecule has 3 aromatic carbocycles. The van der Waals surface area contributed by atoms with E-state index in [1.807, 2.05) is 24.8 Å². The number of aryl methyl sites for hydroxylation is 2. The first kappa shape index (κ1) is 24.5.